The molecule has 3 heterocycles. The number of hydrogen-bond donors (Lipinski definition) is 4. The molecule has 0 bridgehead atoms. The Bertz CT molecular complexity index is 1130. The Morgan fingerprint density at radius 3 is 2.53 bits per heavy atom. The number of rotatable bonds is 7. The van der Waals surface area contributed by atoms with Crippen LogP contribution in [0.3, 0.4) is 0 Å². The number of nitrogens with one attached hydrogen (secondary N) is 4. The largest absolute Gasteiger partial charge is 0.405 e. The molecule has 0 radical (unpaired) electrons. The molecule has 32 heavy (non-hydrogen) atoms. The molecule has 3 aromatic rings. The van der Waals surface area contributed by atoms with Crippen LogP contribution in [0.5, 0.6) is 0 Å². The molecule has 0 aromatic carbocycles. The maximum absolute atomic E-state index is 12.5. The van der Waals surface area contributed by atoms with Crippen LogP contribution in [0.2, 0.25) is 5.02 Å². The molecular weight excluding hydrogens is 447 g/mol. The average molecular weight is 470 g/mol. The maximum Gasteiger partial charge on any atom is 0.405 e. The van der Waals surface area contributed by atoms with E-state index in [1.807, 2.05) is 19.2 Å². The van der Waals surface area contributed by atoms with Gasteiger partial charge in [0.15, 0.2) is 5.82 Å². The van der Waals surface area contributed by atoms with Gasteiger partial charge in [-0.15, -0.1) is 0 Å². The lowest BCUT2D eigenvalue weighted by atomic mass is 10.0. The van der Waals surface area contributed by atoms with Gasteiger partial charge in [0.1, 0.15) is 29.9 Å². The van der Waals surface area contributed by atoms with Crippen molar-refractivity contribution in [2.24, 2.45) is 0 Å². The van der Waals surface area contributed by atoms with E-state index < -0.39 is 24.7 Å². The first-order valence-corrected chi connectivity index (χ1v) is 10.2. The molecule has 172 valence electrons. The number of hydrogen-bond acceptors (Lipinski definition) is 6. The molecule has 0 aliphatic carbocycles. The Kier molecular flexibility index (Phi) is 6.77. The van der Waals surface area contributed by atoms with Crippen LogP contribution in [-0.2, 0) is 4.79 Å². The van der Waals surface area contributed by atoms with Crippen molar-refractivity contribution in [1.29, 1.82) is 0 Å². The van der Waals surface area contributed by atoms with Crippen molar-refractivity contribution in [2.75, 3.05) is 24.2 Å². The summed E-state index contributed by atoms with van der Waals surface area (Å²) in [5.74, 6) is 0.359. The van der Waals surface area contributed by atoms with Gasteiger partial charge in [-0.3, -0.25) is 4.79 Å². The second-order valence-electron chi connectivity index (χ2n) is 7.51. The molecular formula is C20H23ClF3N7O. The van der Waals surface area contributed by atoms with Crippen LogP contribution >= 0.6 is 11.6 Å². The van der Waals surface area contributed by atoms with E-state index in [1.165, 1.54) is 13.1 Å². The van der Waals surface area contributed by atoms with E-state index in [1.54, 1.807) is 19.3 Å². The van der Waals surface area contributed by atoms with Gasteiger partial charge in [-0.25, -0.2) is 15.0 Å². The highest BCUT2D eigenvalue weighted by Crippen LogP contribution is 2.34. The highest BCUT2D eigenvalue weighted by atomic mass is 35.5. The molecule has 0 saturated heterocycles. The van der Waals surface area contributed by atoms with Crippen molar-refractivity contribution in [1.82, 2.24) is 25.3 Å². The lowest BCUT2D eigenvalue weighted by Gasteiger charge is -2.21. The number of alkyl halides is 3. The second kappa shape index (κ2) is 9.19. The van der Waals surface area contributed by atoms with Crippen LogP contribution in [0.1, 0.15) is 32.3 Å². The predicted octanol–water partition coefficient (Wildman–Crippen LogP) is 4.32. The molecule has 3 rings (SSSR count). The minimum Gasteiger partial charge on any atom is -0.373 e. The van der Waals surface area contributed by atoms with E-state index in [4.69, 9.17) is 11.6 Å². The average Bonchev–Trinajstić information content (AvgIpc) is 3.13. The first kappa shape index (κ1) is 23.6. The number of pyridine rings is 1. The fourth-order valence-corrected chi connectivity index (χ4v) is 3.37. The second-order valence-corrected chi connectivity index (χ2v) is 7.95. The molecule has 0 unspecified atom stereocenters. The van der Waals surface area contributed by atoms with E-state index >= 15 is 0 Å². The highest BCUT2D eigenvalue weighted by Gasteiger charge is 2.29. The van der Waals surface area contributed by atoms with Crippen LogP contribution < -0.4 is 16.0 Å². The monoisotopic (exact) mass is 469 g/mol. The summed E-state index contributed by atoms with van der Waals surface area (Å²) >= 11 is 6.09. The molecule has 0 spiro atoms. The number of carbonyl (C=O) groups excluding carboxylic acids is 1. The molecule has 0 saturated carbocycles. The minimum absolute atomic E-state index is 0.0430. The minimum atomic E-state index is -4.50. The van der Waals surface area contributed by atoms with Gasteiger partial charge in [0.2, 0.25) is 5.91 Å². The fraction of sp³-hybridized carbons (Fsp3) is 0.400. The van der Waals surface area contributed by atoms with Crippen LogP contribution in [0.25, 0.3) is 22.4 Å². The van der Waals surface area contributed by atoms with E-state index in [-0.39, 0.29) is 5.92 Å². The zero-order valence-electron chi connectivity index (χ0n) is 17.9. The zero-order chi connectivity index (χ0) is 23.6. The van der Waals surface area contributed by atoms with Gasteiger partial charge in [-0.1, -0.05) is 25.4 Å². The summed E-state index contributed by atoms with van der Waals surface area (Å²) in [4.78, 5) is 28.7. The summed E-state index contributed by atoms with van der Waals surface area (Å²) < 4.78 is 37.4. The summed E-state index contributed by atoms with van der Waals surface area (Å²) in [5, 5.41) is 9.01. The van der Waals surface area contributed by atoms with E-state index in [0.717, 1.165) is 0 Å². The number of carbonyl (C=O) groups is 1. The van der Waals surface area contributed by atoms with Crippen molar-refractivity contribution in [3.05, 3.63) is 29.0 Å². The summed E-state index contributed by atoms with van der Waals surface area (Å²) in [6.45, 7) is 3.91. The number of anilines is 2. The summed E-state index contributed by atoms with van der Waals surface area (Å²) in [6.07, 6.45) is -1.29. The highest BCUT2D eigenvalue weighted by molar-refractivity contribution is 6.31. The normalized spacial score (nSPS) is 12.8. The van der Waals surface area contributed by atoms with Crippen LogP contribution in [0.15, 0.2) is 18.5 Å². The smallest absolute Gasteiger partial charge is 0.373 e. The molecule has 0 aliphatic heterocycles. The summed E-state index contributed by atoms with van der Waals surface area (Å²) in [6, 6.07) is 0.760. The molecule has 4 N–H and O–H groups in total. The number of H-pyrrole nitrogens is 1. The first-order valence-electron chi connectivity index (χ1n) is 9.83. The summed E-state index contributed by atoms with van der Waals surface area (Å²) in [5.41, 5.74) is 1.93. The van der Waals surface area contributed by atoms with Crippen molar-refractivity contribution in [3.8, 4) is 11.4 Å². The van der Waals surface area contributed by atoms with Gasteiger partial charge >= 0.3 is 6.18 Å². The van der Waals surface area contributed by atoms with Gasteiger partial charge in [0.25, 0.3) is 0 Å². The Labute approximate surface area is 187 Å². The Balaban J connectivity index is 2.02. The molecule has 3 aromatic heterocycles. The van der Waals surface area contributed by atoms with Crippen LogP contribution in [0, 0.1) is 0 Å². The Hall–Kier alpha value is -3.08. The maximum atomic E-state index is 12.5. The van der Waals surface area contributed by atoms with E-state index in [2.05, 4.69) is 30.6 Å². The van der Waals surface area contributed by atoms with Gasteiger partial charge in [0.05, 0.1) is 5.02 Å². The molecule has 0 fully saturated rings. The van der Waals surface area contributed by atoms with Gasteiger partial charge in [0, 0.05) is 36.0 Å². The number of amides is 1. The Morgan fingerprint density at radius 2 is 1.91 bits per heavy atom. The van der Waals surface area contributed by atoms with Crippen molar-refractivity contribution < 1.29 is 18.0 Å². The third-order valence-corrected chi connectivity index (χ3v) is 4.91. The first-order chi connectivity index (χ1) is 15.0. The number of fused-ring (bicyclic) bond motifs is 1. The zero-order valence-corrected chi connectivity index (χ0v) is 18.6. The van der Waals surface area contributed by atoms with Crippen molar-refractivity contribution in [2.45, 2.75) is 38.9 Å². The molecule has 0 aliphatic rings. The SMILES string of the molecule is CNc1nc(-c2c[nH]c3ncc(Cl)cc23)nc(N[C@@H](C)C(=O)NCC(F)(F)F)c1C(C)C. The van der Waals surface area contributed by atoms with Gasteiger partial charge in [-0.05, 0) is 18.9 Å². The van der Waals surface area contributed by atoms with E-state index in [9.17, 15) is 18.0 Å². The third kappa shape index (κ3) is 5.21. The number of halogens is 4. The molecule has 1 amide bonds. The summed E-state index contributed by atoms with van der Waals surface area (Å²) in [7, 11) is 1.70. The van der Waals surface area contributed by atoms with Crippen LogP contribution in [-0.4, -0.2) is 51.7 Å². The molecule has 1 atom stereocenters. The number of aromatic nitrogens is 4. The molecule has 12 heteroatoms. The fourth-order valence-electron chi connectivity index (χ4n) is 3.21. The topological polar surface area (TPSA) is 108 Å². The standard InChI is InChI=1S/C20H23ClF3N7O/c1-9(2)14-17(25-4)30-16(13-7-27-15-12(13)5-11(21)6-26-15)31-18(14)29-10(3)19(32)28-8-20(22,23)24/h5-7,9-10H,8H2,1-4H3,(H,26,27)(H,28,32)(H2,25,29,30,31)/t10-/m0/s1. The lowest BCUT2D eigenvalue weighted by Crippen LogP contribution is -2.42. The Morgan fingerprint density at radius 1 is 1.22 bits per heavy atom. The van der Waals surface area contributed by atoms with Gasteiger partial charge in [-0.2, -0.15) is 13.2 Å². The molecule has 8 nitrogen and oxygen atoms in total. The van der Waals surface area contributed by atoms with Crippen molar-refractivity contribution >= 4 is 40.2 Å². The van der Waals surface area contributed by atoms with E-state index in [0.29, 0.717) is 44.6 Å². The number of aromatic amines is 1. The van der Waals surface area contributed by atoms with Gasteiger partial charge < -0.3 is 20.9 Å². The number of nitrogens with zero attached hydrogens (tertiary/aromatic N) is 3. The van der Waals surface area contributed by atoms with Crippen LogP contribution in [0.4, 0.5) is 24.8 Å². The van der Waals surface area contributed by atoms with Crippen molar-refractivity contribution in [3.63, 3.8) is 0 Å². The third-order valence-electron chi connectivity index (χ3n) is 4.71. The lowest BCUT2D eigenvalue weighted by molar-refractivity contribution is -0.138. The predicted molar refractivity (Wildman–Crippen MR) is 118 cm³/mol. The quantitative estimate of drug-likeness (QED) is 0.410.